The Balaban J connectivity index is 2.49. The molecule has 0 unspecified atom stereocenters. The summed E-state index contributed by atoms with van der Waals surface area (Å²) < 4.78 is 1.75. The summed E-state index contributed by atoms with van der Waals surface area (Å²) in [5.41, 5.74) is 7.50. The number of hydrogen-bond acceptors (Lipinski definition) is 3. The molecular formula is C11H13N3O. The molecule has 0 atom stereocenters. The van der Waals surface area contributed by atoms with Crippen molar-refractivity contribution in [2.45, 2.75) is 19.9 Å². The molecule has 1 heterocycles. The number of ketones is 1. The van der Waals surface area contributed by atoms with Gasteiger partial charge in [-0.2, -0.15) is 0 Å². The van der Waals surface area contributed by atoms with Crippen LogP contribution >= 0.6 is 0 Å². The van der Waals surface area contributed by atoms with E-state index in [0.717, 1.165) is 11.0 Å². The second kappa shape index (κ2) is 3.73. The highest BCUT2D eigenvalue weighted by atomic mass is 16.1. The number of anilines is 1. The van der Waals surface area contributed by atoms with Crippen LogP contribution in [-0.4, -0.2) is 15.3 Å². The van der Waals surface area contributed by atoms with E-state index in [1.807, 2.05) is 31.2 Å². The Bertz CT molecular complexity index is 502. The predicted octanol–water partition coefficient (Wildman–Crippen LogP) is 1.60. The molecule has 2 N–H and O–H groups in total. The molecule has 0 fully saturated rings. The number of imidazole rings is 1. The van der Waals surface area contributed by atoms with Gasteiger partial charge in [0.1, 0.15) is 0 Å². The van der Waals surface area contributed by atoms with E-state index in [4.69, 9.17) is 5.73 Å². The summed E-state index contributed by atoms with van der Waals surface area (Å²) in [5.74, 6) is 0.558. The van der Waals surface area contributed by atoms with Crippen molar-refractivity contribution in [3.05, 3.63) is 24.3 Å². The Hall–Kier alpha value is -1.84. The first-order valence-electron chi connectivity index (χ1n) is 4.95. The third-order valence-corrected chi connectivity index (χ3v) is 2.41. The number of carbonyl (C=O) groups excluding carboxylic acids is 1. The molecule has 0 saturated heterocycles. The van der Waals surface area contributed by atoms with Crippen molar-refractivity contribution in [1.82, 2.24) is 9.55 Å². The van der Waals surface area contributed by atoms with Crippen molar-refractivity contribution >= 4 is 22.8 Å². The molecule has 78 valence electrons. The number of benzene rings is 1. The van der Waals surface area contributed by atoms with Crippen LogP contribution in [0.4, 0.5) is 5.95 Å². The fourth-order valence-electron chi connectivity index (χ4n) is 1.55. The monoisotopic (exact) mass is 203 g/mol. The summed E-state index contributed by atoms with van der Waals surface area (Å²) in [7, 11) is 0. The zero-order valence-electron chi connectivity index (χ0n) is 8.60. The molecule has 2 aromatic rings. The number of fused-ring (bicyclic) bond motifs is 1. The average Bonchev–Trinajstić information content (AvgIpc) is 2.55. The molecule has 0 spiro atoms. The molecule has 0 aliphatic rings. The van der Waals surface area contributed by atoms with Gasteiger partial charge in [-0.1, -0.05) is 19.1 Å². The number of aromatic nitrogens is 2. The molecule has 4 nitrogen and oxygen atoms in total. The molecule has 0 aliphatic carbocycles. The van der Waals surface area contributed by atoms with Crippen molar-refractivity contribution in [3.8, 4) is 0 Å². The number of carbonyl (C=O) groups is 1. The third kappa shape index (κ3) is 1.70. The van der Waals surface area contributed by atoms with E-state index in [1.54, 1.807) is 4.57 Å². The summed E-state index contributed by atoms with van der Waals surface area (Å²) >= 11 is 0. The topological polar surface area (TPSA) is 60.9 Å². The number of Topliss-reactive ketones (excluding diaryl/α,β-unsaturated/α-hetero) is 1. The molecule has 0 radical (unpaired) electrons. The fraction of sp³-hybridized carbons (Fsp3) is 0.273. The molecule has 0 aliphatic heterocycles. The lowest BCUT2D eigenvalue weighted by Crippen LogP contribution is -2.11. The van der Waals surface area contributed by atoms with Crippen molar-refractivity contribution in [1.29, 1.82) is 0 Å². The van der Waals surface area contributed by atoms with Gasteiger partial charge in [0.2, 0.25) is 5.95 Å². The molecule has 15 heavy (non-hydrogen) atoms. The zero-order chi connectivity index (χ0) is 10.8. The fourth-order valence-corrected chi connectivity index (χ4v) is 1.55. The smallest absolute Gasteiger partial charge is 0.201 e. The maximum atomic E-state index is 11.4. The summed E-state index contributed by atoms with van der Waals surface area (Å²) in [5, 5.41) is 0. The van der Waals surface area contributed by atoms with Crippen LogP contribution in [0.25, 0.3) is 11.0 Å². The minimum Gasteiger partial charge on any atom is -0.369 e. The van der Waals surface area contributed by atoms with Gasteiger partial charge in [0, 0.05) is 6.42 Å². The Morgan fingerprint density at radius 1 is 1.47 bits per heavy atom. The Kier molecular flexibility index (Phi) is 2.41. The Labute approximate surface area is 87.7 Å². The third-order valence-electron chi connectivity index (χ3n) is 2.41. The first kappa shape index (κ1) is 9.71. The predicted molar refractivity (Wildman–Crippen MR) is 59.4 cm³/mol. The largest absolute Gasteiger partial charge is 0.369 e. The SMILES string of the molecule is CCC(=O)Cn1c(N)nc2ccccc21. The van der Waals surface area contributed by atoms with E-state index in [2.05, 4.69) is 4.98 Å². The highest BCUT2D eigenvalue weighted by Crippen LogP contribution is 2.17. The van der Waals surface area contributed by atoms with Crippen LogP contribution in [-0.2, 0) is 11.3 Å². The van der Waals surface area contributed by atoms with Gasteiger partial charge in [-0.25, -0.2) is 4.98 Å². The number of nitrogen functional groups attached to an aromatic ring is 1. The second-order valence-electron chi connectivity index (χ2n) is 3.44. The lowest BCUT2D eigenvalue weighted by Gasteiger charge is -2.03. The molecule has 0 bridgehead atoms. The molecule has 1 aromatic heterocycles. The summed E-state index contributed by atoms with van der Waals surface area (Å²) in [6.07, 6.45) is 0.520. The number of rotatable bonds is 3. The van der Waals surface area contributed by atoms with Gasteiger partial charge in [0.25, 0.3) is 0 Å². The molecule has 0 saturated carbocycles. The second-order valence-corrected chi connectivity index (χ2v) is 3.44. The normalized spacial score (nSPS) is 10.7. The first-order chi connectivity index (χ1) is 7.22. The van der Waals surface area contributed by atoms with Crippen LogP contribution in [0.15, 0.2) is 24.3 Å². The van der Waals surface area contributed by atoms with Crippen LogP contribution in [0.2, 0.25) is 0 Å². The Morgan fingerprint density at radius 2 is 2.20 bits per heavy atom. The number of nitrogens with zero attached hydrogens (tertiary/aromatic N) is 2. The highest BCUT2D eigenvalue weighted by molar-refractivity contribution is 5.83. The van der Waals surface area contributed by atoms with Gasteiger partial charge < -0.3 is 10.3 Å². The van der Waals surface area contributed by atoms with Crippen molar-refractivity contribution in [2.75, 3.05) is 5.73 Å². The summed E-state index contributed by atoms with van der Waals surface area (Å²) in [6, 6.07) is 7.62. The van der Waals surface area contributed by atoms with Gasteiger partial charge in [-0.15, -0.1) is 0 Å². The summed E-state index contributed by atoms with van der Waals surface area (Å²) in [4.78, 5) is 15.6. The van der Waals surface area contributed by atoms with Crippen molar-refractivity contribution < 1.29 is 4.79 Å². The van der Waals surface area contributed by atoms with Gasteiger partial charge >= 0.3 is 0 Å². The average molecular weight is 203 g/mol. The molecule has 0 amide bonds. The zero-order valence-corrected chi connectivity index (χ0v) is 8.60. The lowest BCUT2D eigenvalue weighted by molar-refractivity contribution is -0.119. The van der Waals surface area contributed by atoms with E-state index in [-0.39, 0.29) is 5.78 Å². The van der Waals surface area contributed by atoms with E-state index in [0.29, 0.717) is 18.9 Å². The van der Waals surface area contributed by atoms with Crippen LogP contribution in [0, 0.1) is 0 Å². The van der Waals surface area contributed by atoms with Crippen molar-refractivity contribution in [2.24, 2.45) is 0 Å². The number of nitrogens with two attached hydrogens (primary N) is 1. The Morgan fingerprint density at radius 3 is 2.93 bits per heavy atom. The van der Waals surface area contributed by atoms with E-state index < -0.39 is 0 Å². The lowest BCUT2D eigenvalue weighted by atomic mass is 10.3. The van der Waals surface area contributed by atoms with Gasteiger partial charge in [0.05, 0.1) is 17.6 Å². The quantitative estimate of drug-likeness (QED) is 0.824. The van der Waals surface area contributed by atoms with E-state index in [1.165, 1.54) is 0 Å². The number of hydrogen-bond donors (Lipinski definition) is 1. The van der Waals surface area contributed by atoms with E-state index in [9.17, 15) is 4.79 Å². The van der Waals surface area contributed by atoms with Crippen LogP contribution in [0.1, 0.15) is 13.3 Å². The maximum Gasteiger partial charge on any atom is 0.201 e. The first-order valence-corrected chi connectivity index (χ1v) is 4.95. The highest BCUT2D eigenvalue weighted by Gasteiger charge is 2.09. The number of para-hydroxylation sites is 2. The van der Waals surface area contributed by atoms with E-state index >= 15 is 0 Å². The molecule has 1 aromatic carbocycles. The minimum absolute atomic E-state index is 0.157. The summed E-state index contributed by atoms with van der Waals surface area (Å²) in [6.45, 7) is 2.15. The van der Waals surface area contributed by atoms with Crippen LogP contribution in [0.5, 0.6) is 0 Å². The molecular weight excluding hydrogens is 190 g/mol. The maximum absolute atomic E-state index is 11.4. The van der Waals surface area contributed by atoms with Crippen LogP contribution in [0.3, 0.4) is 0 Å². The van der Waals surface area contributed by atoms with Gasteiger partial charge in [-0.05, 0) is 12.1 Å². The van der Waals surface area contributed by atoms with Crippen molar-refractivity contribution in [3.63, 3.8) is 0 Å². The molecule has 2 rings (SSSR count). The van der Waals surface area contributed by atoms with Gasteiger partial charge in [-0.3, -0.25) is 4.79 Å². The van der Waals surface area contributed by atoms with Crippen LogP contribution < -0.4 is 5.73 Å². The van der Waals surface area contributed by atoms with Gasteiger partial charge in [0.15, 0.2) is 5.78 Å². The standard InChI is InChI=1S/C11H13N3O/c1-2-8(15)7-14-10-6-4-3-5-9(10)13-11(14)12/h3-6H,2,7H2,1H3,(H2,12,13). The minimum atomic E-state index is 0.157. The molecule has 4 heteroatoms.